The van der Waals surface area contributed by atoms with Crippen molar-refractivity contribution in [2.24, 2.45) is 11.8 Å². The summed E-state index contributed by atoms with van der Waals surface area (Å²) in [4.78, 5) is 21.2. The van der Waals surface area contributed by atoms with Crippen LogP contribution < -0.4 is 0 Å². The summed E-state index contributed by atoms with van der Waals surface area (Å²) in [5, 5.41) is 23.6. The van der Waals surface area contributed by atoms with E-state index in [1.54, 1.807) is 0 Å². The number of carboxylic acid groups (broad SMARTS) is 1. The summed E-state index contributed by atoms with van der Waals surface area (Å²) < 4.78 is 1.50. The summed E-state index contributed by atoms with van der Waals surface area (Å²) in [6.07, 6.45) is 3.13. The topological polar surface area (TPSA) is 98.3 Å². The molecule has 2 rings (SSSR count). The zero-order valence-electron chi connectivity index (χ0n) is 10.3. The Bertz CT molecular complexity index is 516. The molecule has 3 unspecified atom stereocenters. The van der Waals surface area contributed by atoms with Gasteiger partial charge in [-0.2, -0.15) is 5.10 Å². The third-order valence-corrected chi connectivity index (χ3v) is 3.97. The van der Waals surface area contributed by atoms with Gasteiger partial charge in [-0.15, -0.1) is 0 Å². The first-order valence-corrected chi connectivity index (χ1v) is 6.39. The van der Waals surface area contributed by atoms with Crippen molar-refractivity contribution >= 4 is 23.3 Å². The average Bonchev–Trinajstić information content (AvgIpc) is 2.70. The van der Waals surface area contributed by atoms with Gasteiger partial charge in [0.2, 0.25) is 5.15 Å². The highest BCUT2D eigenvalue weighted by atomic mass is 35.5. The minimum atomic E-state index is -0.782. The first-order chi connectivity index (χ1) is 8.90. The highest BCUT2D eigenvalue weighted by molar-refractivity contribution is 6.31. The number of hydrogen-bond donors (Lipinski definition) is 1. The van der Waals surface area contributed by atoms with E-state index in [2.05, 4.69) is 5.10 Å². The summed E-state index contributed by atoms with van der Waals surface area (Å²) in [6.45, 7) is 1.88. The smallest absolute Gasteiger partial charge is 0.325 e. The molecular formula is C11H14ClN3O4. The highest BCUT2D eigenvalue weighted by Gasteiger charge is 2.34. The number of nitro groups is 1. The van der Waals surface area contributed by atoms with E-state index in [0.717, 1.165) is 0 Å². The molecule has 19 heavy (non-hydrogen) atoms. The van der Waals surface area contributed by atoms with Crippen LogP contribution in [0.1, 0.15) is 32.2 Å². The van der Waals surface area contributed by atoms with Crippen LogP contribution in [-0.2, 0) is 4.79 Å². The molecular weight excluding hydrogens is 274 g/mol. The maximum atomic E-state index is 11.0. The molecule has 1 aromatic rings. The van der Waals surface area contributed by atoms with Crippen molar-refractivity contribution in [1.29, 1.82) is 0 Å². The van der Waals surface area contributed by atoms with E-state index in [-0.39, 0.29) is 28.7 Å². The van der Waals surface area contributed by atoms with Crippen LogP contribution in [0, 0.1) is 22.0 Å². The molecule has 7 nitrogen and oxygen atoms in total. The number of nitrogens with zero attached hydrogens (tertiary/aromatic N) is 3. The largest absolute Gasteiger partial charge is 0.481 e. The Labute approximate surface area is 114 Å². The molecule has 0 radical (unpaired) electrons. The summed E-state index contributed by atoms with van der Waals surface area (Å²) >= 11 is 5.71. The summed E-state index contributed by atoms with van der Waals surface area (Å²) in [6, 6.07) is -0.0307. The van der Waals surface area contributed by atoms with Crippen LogP contribution in [0.25, 0.3) is 0 Å². The lowest BCUT2D eigenvalue weighted by molar-refractivity contribution is -0.384. The third kappa shape index (κ3) is 2.70. The monoisotopic (exact) mass is 287 g/mol. The fraction of sp³-hybridized carbons (Fsp3) is 0.636. The molecule has 3 atom stereocenters. The van der Waals surface area contributed by atoms with Gasteiger partial charge in [-0.1, -0.05) is 18.5 Å². The second kappa shape index (κ2) is 5.16. The van der Waals surface area contributed by atoms with Crippen LogP contribution in [0.5, 0.6) is 0 Å². The predicted octanol–water partition coefficient (Wildman–Crippen LogP) is 2.51. The molecule has 0 aromatic carbocycles. The Balaban J connectivity index is 2.14. The number of aliphatic carboxylic acids is 1. The second-order valence-corrected chi connectivity index (χ2v) is 5.29. The molecule has 104 valence electrons. The van der Waals surface area contributed by atoms with Gasteiger partial charge in [0.05, 0.1) is 16.9 Å². The maximum absolute atomic E-state index is 11.0. The Kier molecular flexibility index (Phi) is 3.75. The first kappa shape index (κ1) is 13.8. The minimum Gasteiger partial charge on any atom is -0.481 e. The zero-order chi connectivity index (χ0) is 14.2. The van der Waals surface area contributed by atoms with Gasteiger partial charge in [0.1, 0.15) is 6.20 Å². The zero-order valence-corrected chi connectivity index (χ0v) is 11.1. The van der Waals surface area contributed by atoms with E-state index in [1.165, 1.54) is 10.9 Å². The van der Waals surface area contributed by atoms with Gasteiger partial charge in [-0.05, 0) is 25.2 Å². The number of hydrogen-bond acceptors (Lipinski definition) is 4. The van der Waals surface area contributed by atoms with Gasteiger partial charge in [-0.3, -0.25) is 19.6 Å². The molecule has 1 aliphatic rings. The van der Waals surface area contributed by atoms with Gasteiger partial charge < -0.3 is 5.11 Å². The quantitative estimate of drug-likeness (QED) is 0.680. The molecule has 1 fully saturated rings. The standard InChI is InChI=1S/C11H14ClN3O4/c1-6-4-7(2-3-8(6)11(16)17)14-5-9(15(18)19)10(12)13-14/h5-8H,2-4H2,1H3,(H,16,17). The van der Waals surface area contributed by atoms with E-state index in [9.17, 15) is 14.9 Å². The van der Waals surface area contributed by atoms with Crippen molar-refractivity contribution < 1.29 is 14.8 Å². The second-order valence-electron chi connectivity index (χ2n) is 4.93. The lowest BCUT2D eigenvalue weighted by atomic mass is 9.78. The summed E-state index contributed by atoms with van der Waals surface area (Å²) in [5.74, 6) is -1.12. The molecule has 1 aliphatic carbocycles. The van der Waals surface area contributed by atoms with E-state index in [4.69, 9.17) is 16.7 Å². The van der Waals surface area contributed by atoms with Gasteiger partial charge in [0, 0.05) is 0 Å². The molecule has 0 bridgehead atoms. The SMILES string of the molecule is CC1CC(n2cc([N+](=O)[O-])c(Cl)n2)CCC1C(=O)O. The number of aromatic nitrogens is 2. The highest BCUT2D eigenvalue weighted by Crippen LogP contribution is 2.37. The Morgan fingerprint density at radius 3 is 2.79 bits per heavy atom. The van der Waals surface area contributed by atoms with Crippen molar-refractivity contribution in [2.75, 3.05) is 0 Å². The fourth-order valence-corrected chi connectivity index (χ4v) is 2.85. The predicted molar refractivity (Wildman–Crippen MR) is 67.1 cm³/mol. The Morgan fingerprint density at radius 1 is 1.63 bits per heavy atom. The number of carbonyl (C=O) groups is 1. The fourth-order valence-electron chi connectivity index (χ4n) is 2.64. The van der Waals surface area contributed by atoms with Gasteiger partial charge in [0.25, 0.3) is 0 Å². The van der Waals surface area contributed by atoms with Crippen LogP contribution in [-0.4, -0.2) is 25.8 Å². The van der Waals surface area contributed by atoms with Crippen LogP contribution >= 0.6 is 11.6 Å². The number of halogens is 1. The average molecular weight is 288 g/mol. The molecule has 0 amide bonds. The maximum Gasteiger partial charge on any atom is 0.325 e. The van der Waals surface area contributed by atoms with Gasteiger partial charge in [-0.25, -0.2) is 0 Å². The van der Waals surface area contributed by atoms with Gasteiger partial charge >= 0.3 is 11.7 Å². The van der Waals surface area contributed by atoms with E-state index in [0.29, 0.717) is 19.3 Å². The van der Waals surface area contributed by atoms with E-state index in [1.807, 2.05) is 6.92 Å². The van der Waals surface area contributed by atoms with E-state index < -0.39 is 10.9 Å². The van der Waals surface area contributed by atoms with Gasteiger partial charge in [0.15, 0.2) is 0 Å². The summed E-state index contributed by atoms with van der Waals surface area (Å²) in [5.41, 5.74) is -0.213. The molecule has 1 N–H and O–H groups in total. The van der Waals surface area contributed by atoms with Crippen molar-refractivity contribution in [3.8, 4) is 0 Å². The van der Waals surface area contributed by atoms with Crippen LogP contribution in [0.4, 0.5) is 5.69 Å². The van der Waals surface area contributed by atoms with Crippen molar-refractivity contribution in [3.05, 3.63) is 21.5 Å². The normalized spacial score (nSPS) is 27.2. The molecule has 1 aromatic heterocycles. The molecule has 1 heterocycles. The lowest BCUT2D eigenvalue weighted by Gasteiger charge is -2.31. The number of carboxylic acids is 1. The van der Waals surface area contributed by atoms with Crippen molar-refractivity contribution in [2.45, 2.75) is 32.2 Å². The molecule has 0 aliphatic heterocycles. The lowest BCUT2D eigenvalue weighted by Crippen LogP contribution is -2.30. The molecule has 0 spiro atoms. The van der Waals surface area contributed by atoms with Crippen LogP contribution in [0.2, 0.25) is 5.15 Å². The van der Waals surface area contributed by atoms with Crippen LogP contribution in [0.15, 0.2) is 6.20 Å². The van der Waals surface area contributed by atoms with Crippen molar-refractivity contribution in [1.82, 2.24) is 9.78 Å². The number of rotatable bonds is 3. The molecule has 1 saturated carbocycles. The first-order valence-electron chi connectivity index (χ1n) is 6.02. The van der Waals surface area contributed by atoms with Crippen LogP contribution in [0.3, 0.4) is 0 Å². The Morgan fingerprint density at radius 2 is 2.32 bits per heavy atom. The van der Waals surface area contributed by atoms with Crippen molar-refractivity contribution in [3.63, 3.8) is 0 Å². The molecule has 0 saturated heterocycles. The third-order valence-electron chi connectivity index (χ3n) is 3.70. The minimum absolute atomic E-state index is 0.0123. The van der Waals surface area contributed by atoms with E-state index >= 15 is 0 Å². The Hall–Kier alpha value is -1.63. The molecule has 8 heteroatoms. The summed E-state index contributed by atoms with van der Waals surface area (Å²) in [7, 11) is 0.